The van der Waals surface area contributed by atoms with Crippen molar-refractivity contribution in [1.82, 2.24) is 4.90 Å². The van der Waals surface area contributed by atoms with Gasteiger partial charge in [0.2, 0.25) is 0 Å². The molecule has 2 nitrogen and oxygen atoms in total. The van der Waals surface area contributed by atoms with Gasteiger partial charge in [-0.05, 0) is 36.8 Å². The zero-order valence-electron chi connectivity index (χ0n) is 10.4. The van der Waals surface area contributed by atoms with Crippen molar-refractivity contribution in [3.63, 3.8) is 0 Å². The molecule has 0 saturated carbocycles. The van der Waals surface area contributed by atoms with Crippen molar-refractivity contribution in [2.75, 3.05) is 26.3 Å². The molecule has 17 heavy (non-hydrogen) atoms. The highest BCUT2D eigenvalue weighted by Gasteiger charge is 2.24. The number of ether oxygens (including phenoxy) is 1. The van der Waals surface area contributed by atoms with Gasteiger partial charge in [-0.3, -0.25) is 4.90 Å². The summed E-state index contributed by atoms with van der Waals surface area (Å²) in [6.45, 7) is 4.19. The fourth-order valence-electron chi connectivity index (χ4n) is 3.12. The van der Waals surface area contributed by atoms with Gasteiger partial charge in [0.1, 0.15) is 0 Å². The van der Waals surface area contributed by atoms with E-state index in [1.54, 1.807) is 11.1 Å². The van der Waals surface area contributed by atoms with Crippen LogP contribution in [0.5, 0.6) is 0 Å². The summed E-state index contributed by atoms with van der Waals surface area (Å²) in [6.07, 6.45) is 4.99. The molecule has 0 amide bonds. The van der Waals surface area contributed by atoms with Gasteiger partial charge in [-0.1, -0.05) is 24.3 Å². The first-order chi connectivity index (χ1) is 8.43. The molecule has 1 aromatic rings. The molecule has 1 heterocycles. The van der Waals surface area contributed by atoms with E-state index in [1.165, 1.54) is 32.2 Å². The number of rotatable bonds is 1. The number of nitrogens with zero attached hydrogens (tertiary/aromatic N) is 1. The molecule has 1 aliphatic carbocycles. The molecule has 1 atom stereocenters. The monoisotopic (exact) mass is 231 g/mol. The minimum atomic E-state index is 0.742. The zero-order valence-corrected chi connectivity index (χ0v) is 10.4. The van der Waals surface area contributed by atoms with Gasteiger partial charge in [-0.25, -0.2) is 0 Å². The molecular formula is C15H21NO. The second-order valence-corrected chi connectivity index (χ2v) is 5.17. The van der Waals surface area contributed by atoms with Crippen molar-refractivity contribution in [2.45, 2.75) is 31.7 Å². The Bertz CT molecular complexity index is 369. The van der Waals surface area contributed by atoms with E-state index in [2.05, 4.69) is 29.2 Å². The summed E-state index contributed by atoms with van der Waals surface area (Å²) >= 11 is 0. The summed E-state index contributed by atoms with van der Waals surface area (Å²) < 4.78 is 5.54. The van der Waals surface area contributed by atoms with Gasteiger partial charge in [-0.15, -0.1) is 0 Å². The summed E-state index contributed by atoms with van der Waals surface area (Å²) in [5, 5.41) is 0. The number of fused-ring (bicyclic) bond motifs is 1. The number of hydrogen-bond donors (Lipinski definition) is 0. The smallest absolute Gasteiger partial charge is 0.0593 e. The van der Waals surface area contributed by atoms with E-state index in [9.17, 15) is 0 Å². The van der Waals surface area contributed by atoms with Gasteiger partial charge in [0.05, 0.1) is 6.61 Å². The first-order valence-corrected chi connectivity index (χ1v) is 6.82. The van der Waals surface area contributed by atoms with Crippen LogP contribution < -0.4 is 0 Å². The van der Waals surface area contributed by atoms with Crippen molar-refractivity contribution in [3.8, 4) is 0 Å². The Morgan fingerprint density at radius 3 is 2.88 bits per heavy atom. The lowest BCUT2D eigenvalue weighted by molar-refractivity contribution is 0.128. The Labute approximate surface area is 104 Å². The van der Waals surface area contributed by atoms with E-state index >= 15 is 0 Å². The minimum absolute atomic E-state index is 0.742. The summed E-state index contributed by atoms with van der Waals surface area (Å²) in [5.74, 6) is 0. The predicted octanol–water partition coefficient (Wildman–Crippen LogP) is 2.27. The Morgan fingerprint density at radius 1 is 1.06 bits per heavy atom. The Balaban J connectivity index is 1.70. The number of hydrogen-bond acceptors (Lipinski definition) is 2. The second-order valence-electron chi connectivity index (χ2n) is 5.17. The van der Waals surface area contributed by atoms with Crippen LogP contribution in [-0.2, 0) is 17.6 Å². The Hall–Kier alpha value is -0.860. The highest BCUT2D eigenvalue weighted by molar-refractivity contribution is 5.30. The van der Waals surface area contributed by atoms with Crippen LogP contribution in [0.25, 0.3) is 0 Å². The van der Waals surface area contributed by atoms with Crippen LogP contribution in [0.2, 0.25) is 0 Å². The standard InChI is InChI=1S/C15H21NO/c1-2-5-14-12-15(7-6-13(14)4-1)16-8-3-10-17-11-9-16/h1-2,4-5,15H,3,6-12H2. The molecule has 0 radical (unpaired) electrons. The van der Waals surface area contributed by atoms with Crippen molar-refractivity contribution in [2.24, 2.45) is 0 Å². The van der Waals surface area contributed by atoms with Crippen LogP contribution in [0, 0.1) is 0 Å². The summed E-state index contributed by atoms with van der Waals surface area (Å²) in [4.78, 5) is 2.64. The molecule has 0 aromatic heterocycles. The van der Waals surface area contributed by atoms with E-state index in [1.807, 2.05) is 0 Å². The molecule has 3 rings (SSSR count). The maximum absolute atomic E-state index is 5.54. The fraction of sp³-hybridized carbons (Fsp3) is 0.600. The van der Waals surface area contributed by atoms with Gasteiger partial charge in [0, 0.05) is 25.7 Å². The van der Waals surface area contributed by atoms with Crippen LogP contribution in [-0.4, -0.2) is 37.2 Å². The van der Waals surface area contributed by atoms with E-state index < -0.39 is 0 Å². The quantitative estimate of drug-likeness (QED) is 0.735. The van der Waals surface area contributed by atoms with Gasteiger partial charge in [0.25, 0.3) is 0 Å². The predicted molar refractivity (Wildman–Crippen MR) is 69.3 cm³/mol. The minimum Gasteiger partial charge on any atom is -0.380 e. The van der Waals surface area contributed by atoms with E-state index in [-0.39, 0.29) is 0 Å². The molecule has 1 unspecified atom stereocenters. The van der Waals surface area contributed by atoms with E-state index in [0.717, 1.165) is 25.8 Å². The topological polar surface area (TPSA) is 12.5 Å². The lowest BCUT2D eigenvalue weighted by atomic mass is 9.87. The van der Waals surface area contributed by atoms with Crippen LogP contribution in [0.4, 0.5) is 0 Å². The average Bonchev–Trinajstić information content (AvgIpc) is 2.67. The van der Waals surface area contributed by atoms with Gasteiger partial charge in [0.15, 0.2) is 0 Å². The maximum atomic E-state index is 5.54. The summed E-state index contributed by atoms with van der Waals surface area (Å²) in [7, 11) is 0. The molecule has 0 N–H and O–H groups in total. The highest BCUT2D eigenvalue weighted by atomic mass is 16.5. The first kappa shape index (κ1) is 11.2. The summed E-state index contributed by atoms with van der Waals surface area (Å²) in [5.41, 5.74) is 3.13. The molecule has 2 aliphatic rings. The van der Waals surface area contributed by atoms with Gasteiger partial charge in [-0.2, -0.15) is 0 Å². The third-order valence-corrected chi connectivity index (χ3v) is 4.09. The third-order valence-electron chi connectivity index (χ3n) is 4.09. The van der Waals surface area contributed by atoms with Crippen molar-refractivity contribution >= 4 is 0 Å². The molecule has 1 aromatic carbocycles. The Morgan fingerprint density at radius 2 is 1.94 bits per heavy atom. The summed E-state index contributed by atoms with van der Waals surface area (Å²) in [6, 6.07) is 9.67. The SMILES string of the molecule is c1ccc2c(c1)CCC(N1CCCOCC1)C2. The lowest BCUT2D eigenvalue weighted by Gasteiger charge is -2.34. The molecule has 1 aliphatic heterocycles. The highest BCUT2D eigenvalue weighted by Crippen LogP contribution is 2.24. The van der Waals surface area contributed by atoms with E-state index in [0.29, 0.717) is 0 Å². The van der Waals surface area contributed by atoms with Crippen molar-refractivity contribution < 1.29 is 4.74 Å². The van der Waals surface area contributed by atoms with Crippen LogP contribution in [0.15, 0.2) is 24.3 Å². The molecule has 1 fully saturated rings. The Kier molecular flexibility index (Phi) is 3.44. The largest absolute Gasteiger partial charge is 0.380 e. The normalized spacial score (nSPS) is 26.2. The maximum Gasteiger partial charge on any atom is 0.0593 e. The van der Waals surface area contributed by atoms with Gasteiger partial charge < -0.3 is 4.74 Å². The number of aryl methyl sites for hydroxylation is 1. The van der Waals surface area contributed by atoms with Crippen LogP contribution in [0.3, 0.4) is 0 Å². The molecule has 0 spiro atoms. The zero-order chi connectivity index (χ0) is 11.5. The lowest BCUT2D eigenvalue weighted by Crippen LogP contribution is -2.40. The van der Waals surface area contributed by atoms with Crippen molar-refractivity contribution in [3.05, 3.63) is 35.4 Å². The molecule has 0 bridgehead atoms. The molecule has 2 heteroatoms. The first-order valence-electron chi connectivity index (χ1n) is 6.82. The molecular weight excluding hydrogens is 210 g/mol. The van der Waals surface area contributed by atoms with Crippen LogP contribution in [0.1, 0.15) is 24.0 Å². The average molecular weight is 231 g/mol. The van der Waals surface area contributed by atoms with Crippen LogP contribution >= 0.6 is 0 Å². The molecule has 92 valence electrons. The van der Waals surface area contributed by atoms with Gasteiger partial charge >= 0.3 is 0 Å². The second kappa shape index (κ2) is 5.19. The van der Waals surface area contributed by atoms with Crippen molar-refractivity contribution in [1.29, 1.82) is 0 Å². The number of benzene rings is 1. The van der Waals surface area contributed by atoms with E-state index in [4.69, 9.17) is 4.74 Å². The third kappa shape index (κ3) is 2.53. The fourth-order valence-corrected chi connectivity index (χ4v) is 3.12. The molecule has 1 saturated heterocycles.